The Morgan fingerprint density at radius 2 is 2.28 bits per heavy atom. The molecule has 0 aliphatic carbocycles. The van der Waals surface area contributed by atoms with Crippen LogP contribution in [0, 0.1) is 0 Å². The van der Waals surface area contributed by atoms with Gasteiger partial charge in [0.05, 0.1) is 24.8 Å². The average molecular weight is 246 g/mol. The summed E-state index contributed by atoms with van der Waals surface area (Å²) in [5.41, 5.74) is 7.13. The maximum atomic E-state index is 11.9. The van der Waals surface area contributed by atoms with Crippen molar-refractivity contribution in [3.8, 4) is 5.75 Å². The van der Waals surface area contributed by atoms with E-state index < -0.39 is 0 Å². The molecule has 94 valence electrons. The number of aromatic nitrogens is 2. The SMILES string of the molecule is COc1ccc(NC(=O)c2cn(C)cn2)c(N)c1. The van der Waals surface area contributed by atoms with Crippen LogP contribution in [0.2, 0.25) is 0 Å². The lowest BCUT2D eigenvalue weighted by molar-refractivity contribution is 0.102. The molecule has 0 aliphatic heterocycles. The largest absolute Gasteiger partial charge is 0.497 e. The van der Waals surface area contributed by atoms with Gasteiger partial charge in [0.2, 0.25) is 0 Å². The number of hydrogen-bond acceptors (Lipinski definition) is 4. The summed E-state index contributed by atoms with van der Waals surface area (Å²) in [7, 11) is 3.35. The number of nitrogens with zero attached hydrogens (tertiary/aromatic N) is 2. The first kappa shape index (κ1) is 12.0. The van der Waals surface area contributed by atoms with Crippen LogP contribution in [0.1, 0.15) is 10.5 Å². The second-order valence-corrected chi connectivity index (χ2v) is 3.83. The lowest BCUT2D eigenvalue weighted by atomic mass is 10.2. The summed E-state index contributed by atoms with van der Waals surface area (Å²) in [4.78, 5) is 15.8. The van der Waals surface area contributed by atoms with E-state index >= 15 is 0 Å². The van der Waals surface area contributed by atoms with Gasteiger partial charge >= 0.3 is 0 Å². The van der Waals surface area contributed by atoms with E-state index in [-0.39, 0.29) is 5.91 Å². The summed E-state index contributed by atoms with van der Waals surface area (Å²) in [5, 5.41) is 2.70. The molecule has 0 saturated carbocycles. The molecule has 0 saturated heterocycles. The van der Waals surface area contributed by atoms with Crippen molar-refractivity contribution >= 4 is 17.3 Å². The summed E-state index contributed by atoms with van der Waals surface area (Å²) < 4.78 is 6.74. The second-order valence-electron chi connectivity index (χ2n) is 3.83. The molecule has 1 amide bonds. The second kappa shape index (κ2) is 4.79. The number of anilines is 2. The molecule has 0 radical (unpaired) electrons. The van der Waals surface area contributed by atoms with Gasteiger partial charge in [-0.15, -0.1) is 0 Å². The van der Waals surface area contributed by atoms with Gasteiger partial charge in [-0.25, -0.2) is 4.98 Å². The average Bonchev–Trinajstić information content (AvgIpc) is 2.78. The standard InChI is InChI=1S/C12H14N4O2/c1-16-6-11(14-7-16)12(17)15-10-4-3-8(18-2)5-9(10)13/h3-7H,13H2,1-2H3,(H,15,17). The van der Waals surface area contributed by atoms with Crippen LogP contribution in [-0.2, 0) is 7.05 Å². The fraction of sp³-hybridized carbons (Fsp3) is 0.167. The Bertz CT molecular complexity index is 577. The number of benzene rings is 1. The summed E-state index contributed by atoms with van der Waals surface area (Å²) in [6, 6.07) is 5.06. The molecule has 0 atom stereocenters. The Kier molecular flexibility index (Phi) is 3.18. The summed E-state index contributed by atoms with van der Waals surface area (Å²) in [6.07, 6.45) is 3.20. The van der Waals surface area contributed by atoms with Gasteiger partial charge in [0.1, 0.15) is 11.4 Å². The maximum Gasteiger partial charge on any atom is 0.275 e. The molecule has 0 unspecified atom stereocenters. The molecule has 6 nitrogen and oxygen atoms in total. The van der Waals surface area contributed by atoms with Crippen molar-refractivity contribution in [1.82, 2.24) is 9.55 Å². The monoisotopic (exact) mass is 246 g/mol. The molecule has 1 aromatic heterocycles. The van der Waals surface area contributed by atoms with Crippen LogP contribution < -0.4 is 15.8 Å². The van der Waals surface area contributed by atoms with E-state index in [2.05, 4.69) is 10.3 Å². The first-order valence-electron chi connectivity index (χ1n) is 5.33. The molecule has 0 bridgehead atoms. The van der Waals surface area contributed by atoms with Gasteiger partial charge in [-0.05, 0) is 12.1 Å². The molecular weight excluding hydrogens is 232 g/mol. The van der Waals surface area contributed by atoms with E-state index in [4.69, 9.17) is 10.5 Å². The Labute approximate surface area is 104 Å². The van der Waals surface area contributed by atoms with Gasteiger partial charge in [-0.1, -0.05) is 0 Å². The minimum atomic E-state index is -0.299. The van der Waals surface area contributed by atoms with Crippen molar-refractivity contribution in [2.24, 2.45) is 7.05 Å². The fourth-order valence-electron chi connectivity index (χ4n) is 1.50. The zero-order valence-corrected chi connectivity index (χ0v) is 10.2. The number of nitrogen functional groups attached to an aromatic ring is 1. The molecule has 1 aromatic carbocycles. The topological polar surface area (TPSA) is 82.2 Å². The molecule has 0 aliphatic rings. The minimum absolute atomic E-state index is 0.299. The Morgan fingerprint density at radius 3 is 2.83 bits per heavy atom. The number of methoxy groups -OCH3 is 1. The molecule has 3 N–H and O–H groups in total. The van der Waals surface area contributed by atoms with Gasteiger partial charge in [-0.3, -0.25) is 4.79 Å². The van der Waals surface area contributed by atoms with Crippen molar-refractivity contribution in [3.63, 3.8) is 0 Å². The Morgan fingerprint density at radius 1 is 1.50 bits per heavy atom. The highest BCUT2D eigenvalue weighted by Crippen LogP contribution is 2.24. The number of aryl methyl sites for hydroxylation is 1. The predicted molar refractivity (Wildman–Crippen MR) is 68.6 cm³/mol. The number of imidazole rings is 1. The van der Waals surface area contributed by atoms with Crippen LogP contribution in [0.4, 0.5) is 11.4 Å². The maximum absolute atomic E-state index is 11.9. The van der Waals surface area contributed by atoms with Crippen molar-refractivity contribution in [1.29, 1.82) is 0 Å². The van der Waals surface area contributed by atoms with E-state index in [0.717, 1.165) is 0 Å². The Hall–Kier alpha value is -2.50. The summed E-state index contributed by atoms with van der Waals surface area (Å²) in [5.74, 6) is 0.343. The van der Waals surface area contributed by atoms with Gasteiger partial charge in [0.15, 0.2) is 0 Å². The number of hydrogen-bond donors (Lipinski definition) is 2. The molecular formula is C12H14N4O2. The van der Waals surface area contributed by atoms with Gasteiger partial charge in [0, 0.05) is 19.3 Å². The summed E-state index contributed by atoms with van der Waals surface area (Å²) >= 11 is 0. The van der Waals surface area contributed by atoms with Crippen LogP contribution in [0.3, 0.4) is 0 Å². The number of carbonyl (C=O) groups is 1. The fourth-order valence-corrected chi connectivity index (χ4v) is 1.50. The molecule has 0 spiro atoms. The molecule has 18 heavy (non-hydrogen) atoms. The van der Waals surface area contributed by atoms with Crippen LogP contribution in [-0.4, -0.2) is 22.6 Å². The van der Waals surface area contributed by atoms with Crippen molar-refractivity contribution < 1.29 is 9.53 Å². The van der Waals surface area contributed by atoms with Gasteiger partial charge in [-0.2, -0.15) is 0 Å². The third-order valence-electron chi connectivity index (χ3n) is 2.44. The van der Waals surface area contributed by atoms with E-state index in [1.807, 2.05) is 0 Å². The number of amides is 1. The van der Waals surface area contributed by atoms with E-state index in [9.17, 15) is 4.79 Å². The predicted octanol–water partition coefficient (Wildman–Crippen LogP) is 1.26. The van der Waals surface area contributed by atoms with Crippen LogP contribution >= 0.6 is 0 Å². The number of nitrogens with one attached hydrogen (secondary N) is 1. The van der Waals surface area contributed by atoms with E-state index in [0.29, 0.717) is 22.8 Å². The van der Waals surface area contributed by atoms with Crippen LogP contribution in [0.25, 0.3) is 0 Å². The number of ether oxygens (including phenoxy) is 1. The van der Waals surface area contributed by atoms with Crippen molar-refractivity contribution in [3.05, 3.63) is 36.4 Å². The lowest BCUT2D eigenvalue weighted by Gasteiger charge is -2.08. The number of carbonyl (C=O) groups excluding carboxylic acids is 1. The van der Waals surface area contributed by atoms with Crippen molar-refractivity contribution in [2.75, 3.05) is 18.2 Å². The van der Waals surface area contributed by atoms with Crippen LogP contribution in [0.5, 0.6) is 5.75 Å². The zero-order chi connectivity index (χ0) is 13.1. The number of nitrogens with two attached hydrogens (primary N) is 1. The van der Waals surface area contributed by atoms with Crippen molar-refractivity contribution in [2.45, 2.75) is 0 Å². The smallest absolute Gasteiger partial charge is 0.275 e. The van der Waals surface area contributed by atoms with E-state index in [1.165, 1.54) is 0 Å². The Balaban J connectivity index is 2.16. The highest BCUT2D eigenvalue weighted by molar-refractivity contribution is 6.04. The lowest BCUT2D eigenvalue weighted by Crippen LogP contribution is -2.13. The molecule has 2 aromatic rings. The highest BCUT2D eigenvalue weighted by atomic mass is 16.5. The van der Waals surface area contributed by atoms with Gasteiger partial charge < -0.3 is 20.4 Å². The molecule has 6 heteroatoms. The third kappa shape index (κ3) is 2.42. The summed E-state index contributed by atoms with van der Waals surface area (Å²) in [6.45, 7) is 0. The van der Waals surface area contributed by atoms with Gasteiger partial charge in [0.25, 0.3) is 5.91 Å². The van der Waals surface area contributed by atoms with E-state index in [1.54, 1.807) is 49.4 Å². The molecule has 2 rings (SSSR count). The third-order valence-corrected chi connectivity index (χ3v) is 2.44. The molecule has 0 fully saturated rings. The van der Waals surface area contributed by atoms with Crippen LogP contribution in [0.15, 0.2) is 30.7 Å². The molecule has 1 heterocycles. The highest BCUT2D eigenvalue weighted by Gasteiger charge is 2.10. The quantitative estimate of drug-likeness (QED) is 0.799. The zero-order valence-electron chi connectivity index (χ0n) is 10.2. The number of rotatable bonds is 3. The normalized spacial score (nSPS) is 10.1. The first-order chi connectivity index (χ1) is 8.60. The minimum Gasteiger partial charge on any atom is -0.497 e. The first-order valence-corrected chi connectivity index (χ1v) is 5.33.